The van der Waals surface area contributed by atoms with Gasteiger partial charge < -0.3 is 9.73 Å². The Balaban J connectivity index is 1.41. The van der Waals surface area contributed by atoms with Crippen molar-refractivity contribution in [3.05, 3.63) is 21.0 Å². The van der Waals surface area contributed by atoms with E-state index in [-0.39, 0.29) is 0 Å². The zero-order valence-electron chi connectivity index (χ0n) is 11.0. The van der Waals surface area contributed by atoms with E-state index in [0.29, 0.717) is 0 Å². The first-order valence-corrected chi connectivity index (χ1v) is 8.69. The number of halogens is 2. The second kappa shape index (κ2) is 6.29. The van der Waals surface area contributed by atoms with Crippen LogP contribution in [0, 0.1) is 5.92 Å². The predicted molar refractivity (Wildman–Crippen MR) is 83.1 cm³/mol. The third-order valence-corrected chi connectivity index (χ3v) is 5.77. The molecule has 0 spiro atoms. The van der Waals surface area contributed by atoms with Crippen LogP contribution < -0.4 is 5.32 Å². The molecule has 1 aromatic rings. The maximum Gasteiger partial charge on any atom is 0.183 e. The van der Waals surface area contributed by atoms with Crippen LogP contribution >= 0.6 is 31.9 Å². The number of likely N-dealkylation sites (tertiary alicyclic amines) is 1. The van der Waals surface area contributed by atoms with Gasteiger partial charge in [0.25, 0.3) is 0 Å². The van der Waals surface area contributed by atoms with Crippen molar-refractivity contribution in [2.45, 2.75) is 38.3 Å². The number of nitrogens with one attached hydrogen (secondary N) is 1. The van der Waals surface area contributed by atoms with Crippen molar-refractivity contribution in [3.63, 3.8) is 0 Å². The number of nitrogens with zero attached hydrogens (tertiary/aromatic N) is 1. The summed E-state index contributed by atoms with van der Waals surface area (Å²) in [5, 5.41) is 3.72. The van der Waals surface area contributed by atoms with Crippen LogP contribution in [-0.4, -0.2) is 30.6 Å². The average Bonchev–Trinajstić information content (AvgIpc) is 3.16. The molecule has 1 N–H and O–H groups in total. The third kappa shape index (κ3) is 4.06. The van der Waals surface area contributed by atoms with Gasteiger partial charge in [-0.25, -0.2) is 0 Å². The van der Waals surface area contributed by atoms with Gasteiger partial charge in [-0.05, 0) is 76.1 Å². The van der Waals surface area contributed by atoms with Gasteiger partial charge in [0, 0.05) is 19.1 Å². The molecule has 2 aliphatic rings. The van der Waals surface area contributed by atoms with E-state index < -0.39 is 0 Å². The van der Waals surface area contributed by atoms with Crippen LogP contribution in [0.4, 0.5) is 0 Å². The zero-order chi connectivity index (χ0) is 13.2. The van der Waals surface area contributed by atoms with Crippen LogP contribution in [0.15, 0.2) is 19.6 Å². The molecule has 1 aliphatic carbocycles. The number of furan rings is 1. The monoisotopic (exact) mass is 390 g/mol. The fraction of sp³-hybridized carbons (Fsp3) is 0.714. The Labute approximate surface area is 131 Å². The quantitative estimate of drug-likeness (QED) is 0.827. The van der Waals surface area contributed by atoms with Gasteiger partial charge >= 0.3 is 0 Å². The minimum absolute atomic E-state index is 0.729. The van der Waals surface area contributed by atoms with Crippen molar-refractivity contribution < 1.29 is 4.42 Å². The Kier molecular flexibility index (Phi) is 4.67. The van der Waals surface area contributed by atoms with E-state index in [1.54, 1.807) is 0 Å². The molecule has 3 rings (SSSR count). The normalized spacial score (nSPS) is 22.0. The molecule has 3 nitrogen and oxygen atoms in total. The summed E-state index contributed by atoms with van der Waals surface area (Å²) in [7, 11) is 0. The summed E-state index contributed by atoms with van der Waals surface area (Å²) in [4.78, 5) is 2.48. The summed E-state index contributed by atoms with van der Waals surface area (Å²) < 4.78 is 7.44. The average molecular weight is 392 g/mol. The number of rotatable bonds is 5. The van der Waals surface area contributed by atoms with Crippen LogP contribution in [0.5, 0.6) is 0 Å². The zero-order valence-corrected chi connectivity index (χ0v) is 14.2. The van der Waals surface area contributed by atoms with E-state index in [1.807, 2.05) is 0 Å². The van der Waals surface area contributed by atoms with Gasteiger partial charge in [-0.1, -0.05) is 0 Å². The summed E-state index contributed by atoms with van der Waals surface area (Å²) in [5.41, 5.74) is 0. The molecule has 0 amide bonds. The lowest BCUT2D eigenvalue weighted by molar-refractivity contribution is 0.177. The lowest BCUT2D eigenvalue weighted by atomic mass is 10.0. The summed E-state index contributed by atoms with van der Waals surface area (Å²) in [6, 6.07) is 2.79. The van der Waals surface area contributed by atoms with Gasteiger partial charge in [0.1, 0.15) is 5.76 Å². The third-order valence-electron chi connectivity index (χ3n) is 4.06. The second-order valence-corrected chi connectivity index (χ2v) is 7.31. The number of piperidine rings is 1. The Morgan fingerprint density at radius 2 is 1.95 bits per heavy atom. The van der Waals surface area contributed by atoms with Crippen LogP contribution in [0.2, 0.25) is 0 Å². The molecule has 0 radical (unpaired) electrons. The summed E-state index contributed by atoms with van der Waals surface area (Å²) >= 11 is 6.85. The van der Waals surface area contributed by atoms with Crippen molar-refractivity contribution in [1.29, 1.82) is 0 Å². The molecule has 1 saturated carbocycles. The Bertz CT molecular complexity index is 404. The minimum Gasteiger partial charge on any atom is -0.452 e. The first-order valence-electron chi connectivity index (χ1n) is 7.10. The molecule has 0 atom stereocenters. The molecule has 0 bridgehead atoms. The largest absolute Gasteiger partial charge is 0.452 e. The van der Waals surface area contributed by atoms with Crippen molar-refractivity contribution in [1.82, 2.24) is 10.2 Å². The summed E-state index contributed by atoms with van der Waals surface area (Å²) in [6.07, 6.45) is 5.40. The highest BCUT2D eigenvalue weighted by molar-refractivity contribution is 9.13. The highest BCUT2D eigenvalue weighted by Crippen LogP contribution is 2.29. The first-order chi connectivity index (χ1) is 9.20. The van der Waals surface area contributed by atoms with Gasteiger partial charge in [-0.2, -0.15) is 0 Å². The van der Waals surface area contributed by atoms with Crippen LogP contribution in [-0.2, 0) is 6.54 Å². The topological polar surface area (TPSA) is 28.4 Å². The molecule has 1 aliphatic heterocycles. The first kappa shape index (κ1) is 14.1. The van der Waals surface area contributed by atoms with Crippen LogP contribution in [0.25, 0.3) is 0 Å². The van der Waals surface area contributed by atoms with Gasteiger partial charge in [0.05, 0.1) is 11.0 Å². The van der Waals surface area contributed by atoms with Crippen molar-refractivity contribution >= 4 is 31.9 Å². The van der Waals surface area contributed by atoms with Gasteiger partial charge in [0.15, 0.2) is 4.67 Å². The lowest BCUT2D eigenvalue weighted by Crippen LogP contribution is -2.42. The van der Waals surface area contributed by atoms with Crippen molar-refractivity contribution in [2.24, 2.45) is 5.92 Å². The van der Waals surface area contributed by atoms with E-state index in [2.05, 4.69) is 48.1 Å². The molecule has 5 heteroatoms. The molecule has 2 fully saturated rings. The lowest BCUT2D eigenvalue weighted by Gasteiger charge is -2.31. The fourth-order valence-corrected chi connectivity index (χ4v) is 3.30. The maximum absolute atomic E-state index is 5.64. The SMILES string of the molecule is Brc1cc(CN2CCC(NCC3CC3)CC2)oc1Br. The Hall–Kier alpha value is 0.160. The second-order valence-electron chi connectivity index (χ2n) is 5.74. The Morgan fingerprint density at radius 3 is 2.53 bits per heavy atom. The van der Waals surface area contributed by atoms with E-state index in [4.69, 9.17) is 4.42 Å². The summed E-state index contributed by atoms with van der Waals surface area (Å²) in [6.45, 7) is 4.48. The minimum atomic E-state index is 0.729. The highest BCUT2D eigenvalue weighted by Gasteiger charge is 2.24. The molecule has 106 valence electrons. The molecule has 0 aromatic carbocycles. The molecule has 1 saturated heterocycles. The molecule has 0 unspecified atom stereocenters. The number of hydrogen-bond donors (Lipinski definition) is 1. The Morgan fingerprint density at radius 1 is 1.21 bits per heavy atom. The van der Waals surface area contributed by atoms with Gasteiger partial charge in [0.2, 0.25) is 0 Å². The van der Waals surface area contributed by atoms with E-state index in [9.17, 15) is 0 Å². The molecule has 1 aromatic heterocycles. The standard InChI is InChI=1S/C14H20Br2N2O/c15-13-7-12(19-14(13)16)9-18-5-3-11(4-6-18)17-8-10-1-2-10/h7,10-11,17H,1-6,8-9H2. The molecule has 19 heavy (non-hydrogen) atoms. The smallest absolute Gasteiger partial charge is 0.183 e. The predicted octanol–water partition coefficient (Wildman–Crippen LogP) is 3.77. The number of hydrogen-bond acceptors (Lipinski definition) is 3. The van der Waals surface area contributed by atoms with Crippen molar-refractivity contribution in [3.8, 4) is 0 Å². The van der Waals surface area contributed by atoms with E-state index in [1.165, 1.54) is 32.2 Å². The van der Waals surface area contributed by atoms with Crippen LogP contribution in [0.1, 0.15) is 31.4 Å². The molecular weight excluding hydrogens is 372 g/mol. The van der Waals surface area contributed by atoms with E-state index >= 15 is 0 Å². The van der Waals surface area contributed by atoms with Gasteiger partial charge in [-0.3, -0.25) is 4.90 Å². The van der Waals surface area contributed by atoms with E-state index in [0.717, 1.165) is 46.5 Å². The molecule has 2 heterocycles. The fourth-order valence-electron chi connectivity index (χ4n) is 2.64. The summed E-state index contributed by atoms with van der Waals surface area (Å²) in [5.74, 6) is 2.01. The molecular formula is C14H20Br2N2O. The highest BCUT2D eigenvalue weighted by atomic mass is 79.9. The van der Waals surface area contributed by atoms with Crippen LogP contribution in [0.3, 0.4) is 0 Å². The maximum atomic E-state index is 5.64. The van der Waals surface area contributed by atoms with Crippen molar-refractivity contribution in [2.75, 3.05) is 19.6 Å². The van der Waals surface area contributed by atoms with Gasteiger partial charge in [-0.15, -0.1) is 0 Å².